The van der Waals surface area contributed by atoms with E-state index >= 15 is 0 Å². The van der Waals surface area contributed by atoms with Gasteiger partial charge in [0.25, 0.3) is 0 Å². The van der Waals surface area contributed by atoms with E-state index in [2.05, 4.69) is 10.1 Å². The molecule has 0 saturated heterocycles. The number of carbonyl (C=O) groups excluding carboxylic acids is 1. The standard InChI is InChI=1S/C17H20N4O4/c1-12-6-7-13(18-10-12)15-14(21(23)24)11-20(19-15)17(16(22)25-2)8-4-3-5-9-17/h6-7,10-11H,3-5,8-9H2,1-2H3. The van der Waals surface area contributed by atoms with Crippen LogP contribution in [0.15, 0.2) is 24.5 Å². The molecule has 0 spiro atoms. The van der Waals surface area contributed by atoms with Crippen LogP contribution in [0.2, 0.25) is 0 Å². The Morgan fingerprint density at radius 2 is 2.04 bits per heavy atom. The first-order valence-corrected chi connectivity index (χ1v) is 8.24. The first kappa shape index (κ1) is 17.1. The van der Waals surface area contributed by atoms with Crippen molar-refractivity contribution in [3.63, 3.8) is 0 Å². The first-order chi connectivity index (χ1) is 12.0. The van der Waals surface area contributed by atoms with E-state index in [-0.39, 0.29) is 11.4 Å². The van der Waals surface area contributed by atoms with E-state index in [0.29, 0.717) is 18.5 Å². The summed E-state index contributed by atoms with van der Waals surface area (Å²) in [5, 5.41) is 15.9. The van der Waals surface area contributed by atoms with Crippen LogP contribution in [0, 0.1) is 17.0 Å². The van der Waals surface area contributed by atoms with E-state index in [1.165, 1.54) is 18.0 Å². The fraction of sp³-hybridized carbons (Fsp3) is 0.471. The monoisotopic (exact) mass is 344 g/mol. The van der Waals surface area contributed by atoms with Crippen LogP contribution in [-0.4, -0.2) is 32.8 Å². The molecule has 2 heterocycles. The van der Waals surface area contributed by atoms with E-state index < -0.39 is 16.4 Å². The molecule has 0 amide bonds. The van der Waals surface area contributed by atoms with Gasteiger partial charge in [0.05, 0.1) is 17.7 Å². The maximum absolute atomic E-state index is 12.5. The summed E-state index contributed by atoms with van der Waals surface area (Å²) in [6, 6.07) is 3.52. The Bertz CT molecular complexity index is 791. The molecule has 132 valence electrons. The van der Waals surface area contributed by atoms with Gasteiger partial charge in [0.2, 0.25) is 0 Å². The number of nitro groups is 1. The predicted octanol–water partition coefficient (Wildman–Crippen LogP) is 2.99. The Morgan fingerprint density at radius 3 is 2.60 bits per heavy atom. The second-order valence-electron chi connectivity index (χ2n) is 6.37. The van der Waals surface area contributed by atoms with E-state index in [1.807, 2.05) is 13.0 Å². The van der Waals surface area contributed by atoms with Gasteiger partial charge < -0.3 is 4.74 Å². The van der Waals surface area contributed by atoms with Crippen LogP contribution < -0.4 is 0 Å². The van der Waals surface area contributed by atoms with Crippen LogP contribution in [-0.2, 0) is 15.1 Å². The van der Waals surface area contributed by atoms with E-state index in [4.69, 9.17) is 4.74 Å². The lowest BCUT2D eigenvalue weighted by Gasteiger charge is -2.34. The highest BCUT2D eigenvalue weighted by Crippen LogP contribution is 2.38. The Labute approximate surface area is 145 Å². The van der Waals surface area contributed by atoms with Gasteiger partial charge in [-0.05, 0) is 31.4 Å². The summed E-state index contributed by atoms with van der Waals surface area (Å²) >= 11 is 0. The van der Waals surface area contributed by atoms with E-state index in [0.717, 1.165) is 24.8 Å². The summed E-state index contributed by atoms with van der Waals surface area (Å²) in [6.07, 6.45) is 6.79. The molecule has 0 aromatic carbocycles. The van der Waals surface area contributed by atoms with Crippen molar-refractivity contribution in [2.24, 2.45) is 0 Å². The number of carbonyl (C=O) groups is 1. The van der Waals surface area contributed by atoms with Gasteiger partial charge >= 0.3 is 11.7 Å². The predicted molar refractivity (Wildman–Crippen MR) is 89.9 cm³/mol. The molecule has 8 nitrogen and oxygen atoms in total. The fourth-order valence-electron chi connectivity index (χ4n) is 3.36. The molecule has 2 aromatic rings. The average molecular weight is 344 g/mol. The Morgan fingerprint density at radius 1 is 1.32 bits per heavy atom. The van der Waals surface area contributed by atoms with Crippen LogP contribution in [0.3, 0.4) is 0 Å². The summed E-state index contributed by atoms with van der Waals surface area (Å²) in [4.78, 5) is 27.8. The van der Waals surface area contributed by atoms with Gasteiger partial charge in [-0.3, -0.25) is 15.1 Å². The molecule has 0 N–H and O–H groups in total. The van der Waals surface area contributed by atoms with Crippen LogP contribution in [0.4, 0.5) is 5.69 Å². The zero-order valence-electron chi connectivity index (χ0n) is 14.3. The molecule has 0 atom stereocenters. The number of nitrogens with zero attached hydrogens (tertiary/aromatic N) is 4. The van der Waals surface area contributed by atoms with Crippen molar-refractivity contribution in [2.75, 3.05) is 7.11 Å². The maximum Gasteiger partial charge on any atom is 0.333 e. The van der Waals surface area contributed by atoms with Crippen molar-refractivity contribution in [1.82, 2.24) is 14.8 Å². The first-order valence-electron chi connectivity index (χ1n) is 8.24. The topological polar surface area (TPSA) is 100 Å². The zero-order chi connectivity index (χ0) is 18.0. The number of aryl methyl sites for hydroxylation is 1. The smallest absolute Gasteiger partial charge is 0.333 e. The lowest BCUT2D eigenvalue weighted by Crippen LogP contribution is -2.44. The highest BCUT2D eigenvalue weighted by Gasteiger charge is 2.45. The van der Waals surface area contributed by atoms with Gasteiger partial charge in [-0.1, -0.05) is 25.3 Å². The zero-order valence-corrected chi connectivity index (χ0v) is 14.3. The molecule has 2 aromatic heterocycles. The fourth-order valence-corrected chi connectivity index (χ4v) is 3.36. The van der Waals surface area contributed by atoms with Crippen LogP contribution in [0.25, 0.3) is 11.4 Å². The van der Waals surface area contributed by atoms with Gasteiger partial charge in [0, 0.05) is 6.20 Å². The lowest BCUT2D eigenvalue weighted by molar-refractivity contribution is -0.384. The van der Waals surface area contributed by atoms with Crippen LogP contribution >= 0.6 is 0 Å². The Balaban J connectivity index is 2.13. The summed E-state index contributed by atoms with van der Waals surface area (Å²) in [7, 11) is 1.33. The number of hydrogen-bond acceptors (Lipinski definition) is 6. The molecule has 0 radical (unpaired) electrons. The Hall–Kier alpha value is -2.77. The van der Waals surface area contributed by atoms with Crippen molar-refractivity contribution < 1.29 is 14.5 Å². The van der Waals surface area contributed by atoms with Gasteiger partial charge in [-0.2, -0.15) is 5.10 Å². The van der Waals surface area contributed by atoms with Crippen molar-refractivity contribution in [3.8, 4) is 11.4 Å². The minimum absolute atomic E-state index is 0.162. The van der Waals surface area contributed by atoms with Gasteiger partial charge in [-0.25, -0.2) is 9.48 Å². The van der Waals surface area contributed by atoms with Gasteiger partial charge in [-0.15, -0.1) is 0 Å². The molecule has 1 saturated carbocycles. The molecule has 1 fully saturated rings. The van der Waals surface area contributed by atoms with Crippen molar-refractivity contribution in [2.45, 2.75) is 44.6 Å². The highest BCUT2D eigenvalue weighted by molar-refractivity contribution is 5.79. The molecule has 8 heteroatoms. The second-order valence-corrected chi connectivity index (χ2v) is 6.37. The van der Waals surface area contributed by atoms with Crippen LogP contribution in [0.5, 0.6) is 0 Å². The average Bonchev–Trinajstić information content (AvgIpc) is 3.08. The summed E-state index contributed by atoms with van der Waals surface area (Å²) in [5.41, 5.74) is 0.376. The molecule has 1 aliphatic carbocycles. The molecule has 3 rings (SSSR count). The third kappa shape index (κ3) is 2.99. The molecular weight excluding hydrogens is 324 g/mol. The van der Waals surface area contributed by atoms with Crippen molar-refractivity contribution in [1.29, 1.82) is 0 Å². The van der Waals surface area contributed by atoms with Crippen LogP contribution in [0.1, 0.15) is 37.7 Å². The quantitative estimate of drug-likeness (QED) is 0.480. The Kier molecular flexibility index (Phi) is 4.52. The minimum Gasteiger partial charge on any atom is -0.467 e. The van der Waals surface area contributed by atoms with Crippen molar-refractivity contribution >= 4 is 11.7 Å². The van der Waals surface area contributed by atoms with E-state index in [1.54, 1.807) is 12.3 Å². The molecule has 1 aliphatic rings. The number of pyridine rings is 1. The summed E-state index contributed by atoms with van der Waals surface area (Å²) < 4.78 is 6.42. The molecule has 0 unspecified atom stereocenters. The number of ether oxygens (including phenoxy) is 1. The maximum atomic E-state index is 12.5. The number of rotatable bonds is 4. The molecule has 0 bridgehead atoms. The van der Waals surface area contributed by atoms with E-state index in [9.17, 15) is 14.9 Å². The number of methoxy groups -OCH3 is 1. The number of esters is 1. The van der Waals surface area contributed by atoms with Gasteiger partial charge in [0.1, 0.15) is 6.20 Å². The molecular formula is C17H20N4O4. The minimum atomic E-state index is -0.985. The lowest BCUT2D eigenvalue weighted by atomic mass is 9.82. The summed E-state index contributed by atoms with van der Waals surface area (Å²) in [6.45, 7) is 1.89. The van der Waals surface area contributed by atoms with Gasteiger partial charge in [0.15, 0.2) is 11.2 Å². The number of hydrogen-bond donors (Lipinski definition) is 0. The molecule has 25 heavy (non-hydrogen) atoms. The third-order valence-electron chi connectivity index (χ3n) is 4.73. The third-order valence-corrected chi connectivity index (χ3v) is 4.73. The largest absolute Gasteiger partial charge is 0.467 e. The highest BCUT2D eigenvalue weighted by atomic mass is 16.6. The second kappa shape index (κ2) is 6.62. The SMILES string of the molecule is COC(=O)C1(n2cc([N+](=O)[O-])c(-c3ccc(C)cn3)n2)CCCCC1. The molecule has 0 aliphatic heterocycles. The summed E-state index contributed by atoms with van der Waals surface area (Å²) in [5.74, 6) is -0.409. The number of aromatic nitrogens is 3. The van der Waals surface area contributed by atoms with Crippen molar-refractivity contribution in [3.05, 3.63) is 40.2 Å². The normalized spacial score (nSPS) is 16.4.